The number of benzene rings is 1. The highest BCUT2D eigenvalue weighted by Gasteiger charge is 2.23. The highest BCUT2D eigenvalue weighted by molar-refractivity contribution is 5.77. The van der Waals surface area contributed by atoms with Crippen molar-refractivity contribution >= 4 is 5.91 Å². The molecule has 1 unspecified atom stereocenters. The van der Waals surface area contributed by atoms with Gasteiger partial charge in [-0.05, 0) is 17.9 Å². The molecule has 1 heterocycles. The Kier molecular flexibility index (Phi) is 4.88. The molecule has 1 aromatic carbocycles. The van der Waals surface area contributed by atoms with Gasteiger partial charge in [0.05, 0.1) is 6.54 Å². The maximum absolute atomic E-state index is 12.4. The fourth-order valence-electron chi connectivity index (χ4n) is 2.75. The first-order valence-electron chi connectivity index (χ1n) is 7.59. The number of amides is 1. The number of carbonyl (C=O) groups excluding carboxylic acids is 1. The molecule has 0 aromatic heterocycles. The first-order valence-corrected chi connectivity index (χ1v) is 7.59. The van der Waals surface area contributed by atoms with E-state index in [-0.39, 0.29) is 17.4 Å². The van der Waals surface area contributed by atoms with Crippen LogP contribution in [-0.4, -0.2) is 30.0 Å². The van der Waals surface area contributed by atoms with Gasteiger partial charge in [0.25, 0.3) is 0 Å². The lowest BCUT2D eigenvalue weighted by atomic mass is 9.87. The third-order valence-electron chi connectivity index (χ3n) is 3.62. The van der Waals surface area contributed by atoms with Gasteiger partial charge in [-0.3, -0.25) is 4.79 Å². The largest absolute Gasteiger partial charge is 0.491 e. The summed E-state index contributed by atoms with van der Waals surface area (Å²) in [5, 5.41) is 0. The monoisotopic (exact) mass is 290 g/mol. The van der Waals surface area contributed by atoms with Crippen LogP contribution in [0.15, 0.2) is 24.3 Å². The average molecular weight is 290 g/mol. The van der Waals surface area contributed by atoms with E-state index in [1.165, 1.54) is 0 Å². The molecule has 1 aliphatic heterocycles. The van der Waals surface area contributed by atoms with Gasteiger partial charge >= 0.3 is 0 Å². The van der Waals surface area contributed by atoms with Crippen molar-refractivity contribution in [3.63, 3.8) is 0 Å². The minimum Gasteiger partial charge on any atom is -0.491 e. The van der Waals surface area contributed by atoms with Crippen molar-refractivity contribution in [3.8, 4) is 5.75 Å². The van der Waals surface area contributed by atoms with Gasteiger partial charge < -0.3 is 15.4 Å². The quantitative estimate of drug-likeness (QED) is 0.931. The number of carbonyl (C=O) groups is 1. The Hall–Kier alpha value is -1.55. The summed E-state index contributed by atoms with van der Waals surface area (Å²) in [6.45, 7) is 8.21. The third-order valence-corrected chi connectivity index (χ3v) is 3.62. The summed E-state index contributed by atoms with van der Waals surface area (Å²) in [4.78, 5) is 14.3. The molecule has 0 spiro atoms. The van der Waals surface area contributed by atoms with Crippen LogP contribution in [0.25, 0.3) is 0 Å². The van der Waals surface area contributed by atoms with Crippen molar-refractivity contribution in [2.75, 3.05) is 13.2 Å². The highest BCUT2D eigenvalue weighted by atomic mass is 16.5. The van der Waals surface area contributed by atoms with Crippen molar-refractivity contribution in [1.29, 1.82) is 0 Å². The number of nitrogens with two attached hydrogens (primary N) is 1. The number of hydrogen-bond donors (Lipinski definition) is 1. The molecule has 0 saturated heterocycles. The third kappa shape index (κ3) is 4.74. The van der Waals surface area contributed by atoms with Crippen LogP contribution in [0, 0.1) is 5.41 Å². The smallest absolute Gasteiger partial charge is 0.224 e. The Bertz CT molecular complexity index is 494. The van der Waals surface area contributed by atoms with Crippen LogP contribution in [-0.2, 0) is 11.3 Å². The molecule has 0 radical (unpaired) electrons. The van der Waals surface area contributed by atoms with Crippen LogP contribution >= 0.6 is 0 Å². The molecule has 0 aliphatic carbocycles. The van der Waals surface area contributed by atoms with Gasteiger partial charge in [-0.2, -0.15) is 0 Å². The molecule has 1 aliphatic rings. The number of hydrogen-bond acceptors (Lipinski definition) is 3. The summed E-state index contributed by atoms with van der Waals surface area (Å²) in [7, 11) is 0. The molecule has 2 rings (SSSR count). The molecule has 4 nitrogen and oxygen atoms in total. The molecule has 0 saturated carbocycles. The number of para-hydroxylation sites is 1. The van der Waals surface area contributed by atoms with Gasteiger partial charge in [-0.25, -0.2) is 0 Å². The number of rotatable bonds is 3. The lowest BCUT2D eigenvalue weighted by Crippen LogP contribution is -2.38. The second kappa shape index (κ2) is 6.48. The van der Waals surface area contributed by atoms with Gasteiger partial charge in [-0.1, -0.05) is 39.0 Å². The molecule has 2 N–H and O–H groups in total. The number of ether oxygens (including phenoxy) is 1. The first-order chi connectivity index (χ1) is 9.85. The number of nitrogens with zero attached hydrogens (tertiary/aromatic N) is 1. The molecule has 1 amide bonds. The Labute approximate surface area is 127 Å². The van der Waals surface area contributed by atoms with E-state index in [4.69, 9.17) is 10.5 Å². The highest BCUT2D eigenvalue weighted by Crippen LogP contribution is 2.24. The lowest BCUT2D eigenvalue weighted by molar-refractivity contribution is -0.132. The minimum absolute atomic E-state index is 0.0862. The van der Waals surface area contributed by atoms with Gasteiger partial charge in [0, 0.05) is 24.6 Å². The predicted octanol–water partition coefficient (Wildman–Crippen LogP) is 2.56. The summed E-state index contributed by atoms with van der Waals surface area (Å²) in [6, 6.07) is 7.80. The topological polar surface area (TPSA) is 55.6 Å². The summed E-state index contributed by atoms with van der Waals surface area (Å²) in [5.74, 6) is 0.999. The van der Waals surface area contributed by atoms with Crippen molar-refractivity contribution in [2.24, 2.45) is 11.1 Å². The maximum atomic E-state index is 12.4. The molecule has 1 aromatic rings. The van der Waals surface area contributed by atoms with Crippen LogP contribution in [0.1, 0.15) is 39.2 Å². The molecular weight excluding hydrogens is 264 g/mol. The lowest BCUT2D eigenvalue weighted by Gasteiger charge is -2.25. The van der Waals surface area contributed by atoms with Crippen molar-refractivity contribution < 1.29 is 9.53 Å². The molecule has 4 heteroatoms. The van der Waals surface area contributed by atoms with Crippen LogP contribution in [0.5, 0.6) is 5.75 Å². The summed E-state index contributed by atoms with van der Waals surface area (Å²) in [6.07, 6.45) is 1.25. The van der Waals surface area contributed by atoms with Crippen LogP contribution in [0.2, 0.25) is 0 Å². The Morgan fingerprint density at radius 3 is 2.81 bits per heavy atom. The second-order valence-electron chi connectivity index (χ2n) is 7.00. The van der Waals surface area contributed by atoms with Gasteiger partial charge in [0.15, 0.2) is 0 Å². The standard InChI is InChI=1S/C17H26N2O2/c1-17(2,3)11-14(18)10-16(20)19-8-9-21-15-7-5-4-6-13(15)12-19/h4-7,14H,8-12,18H2,1-3H3. The van der Waals surface area contributed by atoms with Crippen molar-refractivity contribution in [3.05, 3.63) is 29.8 Å². The van der Waals surface area contributed by atoms with E-state index in [1.54, 1.807) is 0 Å². The fourth-order valence-corrected chi connectivity index (χ4v) is 2.75. The summed E-state index contributed by atoms with van der Waals surface area (Å²) >= 11 is 0. The fraction of sp³-hybridized carbons (Fsp3) is 0.588. The number of fused-ring (bicyclic) bond motifs is 1. The van der Waals surface area contributed by atoms with E-state index in [9.17, 15) is 4.79 Å². The Morgan fingerprint density at radius 2 is 2.10 bits per heavy atom. The van der Waals surface area contributed by atoms with Gasteiger partial charge in [-0.15, -0.1) is 0 Å². The van der Waals surface area contributed by atoms with Crippen molar-refractivity contribution in [2.45, 2.75) is 46.2 Å². The molecule has 0 fully saturated rings. The maximum Gasteiger partial charge on any atom is 0.224 e. The van der Waals surface area contributed by atoms with Crippen LogP contribution < -0.4 is 10.5 Å². The average Bonchev–Trinajstić information content (AvgIpc) is 2.58. The zero-order valence-electron chi connectivity index (χ0n) is 13.3. The molecule has 0 bridgehead atoms. The zero-order valence-corrected chi connectivity index (χ0v) is 13.3. The van der Waals surface area contributed by atoms with E-state index < -0.39 is 0 Å². The van der Waals surface area contributed by atoms with Crippen molar-refractivity contribution in [1.82, 2.24) is 4.90 Å². The Morgan fingerprint density at radius 1 is 1.38 bits per heavy atom. The van der Waals surface area contributed by atoms with Crippen LogP contribution in [0.4, 0.5) is 0 Å². The van der Waals surface area contributed by atoms with Gasteiger partial charge in [0.1, 0.15) is 12.4 Å². The second-order valence-corrected chi connectivity index (χ2v) is 7.00. The van der Waals surface area contributed by atoms with E-state index in [2.05, 4.69) is 20.8 Å². The van der Waals surface area contributed by atoms with E-state index in [1.807, 2.05) is 29.2 Å². The van der Waals surface area contributed by atoms with E-state index in [0.717, 1.165) is 17.7 Å². The summed E-state index contributed by atoms with van der Waals surface area (Å²) < 4.78 is 5.69. The zero-order chi connectivity index (χ0) is 15.5. The van der Waals surface area contributed by atoms with E-state index >= 15 is 0 Å². The predicted molar refractivity (Wildman–Crippen MR) is 84.0 cm³/mol. The summed E-state index contributed by atoms with van der Waals surface area (Å²) in [5.41, 5.74) is 7.33. The minimum atomic E-state index is -0.0862. The first kappa shape index (κ1) is 15.8. The molecule has 116 valence electrons. The SMILES string of the molecule is CC(C)(C)CC(N)CC(=O)N1CCOc2ccccc2C1. The van der Waals surface area contributed by atoms with E-state index in [0.29, 0.717) is 26.1 Å². The van der Waals surface area contributed by atoms with Crippen LogP contribution in [0.3, 0.4) is 0 Å². The molecule has 21 heavy (non-hydrogen) atoms. The molecule has 1 atom stereocenters. The normalized spacial score (nSPS) is 16.7. The molecular formula is C17H26N2O2. The Balaban J connectivity index is 1.97. The van der Waals surface area contributed by atoms with Gasteiger partial charge in [0.2, 0.25) is 5.91 Å².